The average molecular weight is 418 g/mol. The predicted molar refractivity (Wildman–Crippen MR) is 97.7 cm³/mol. The number of amides is 2. The highest BCUT2D eigenvalue weighted by Gasteiger charge is 2.53. The summed E-state index contributed by atoms with van der Waals surface area (Å²) in [6, 6.07) is 7.52. The van der Waals surface area contributed by atoms with Crippen LogP contribution in [0.25, 0.3) is 10.9 Å². The van der Waals surface area contributed by atoms with Gasteiger partial charge in [0.05, 0.1) is 30.3 Å². The Balaban J connectivity index is 1.47. The number of fused-ring (bicyclic) bond motifs is 2. The zero-order chi connectivity index (χ0) is 21.5. The highest BCUT2D eigenvalue weighted by Crippen LogP contribution is 2.47. The minimum absolute atomic E-state index is 0.0806. The number of rotatable bonds is 5. The van der Waals surface area contributed by atoms with E-state index in [1.54, 1.807) is 4.90 Å². The van der Waals surface area contributed by atoms with Gasteiger partial charge in [0.25, 0.3) is 5.91 Å². The molecule has 1 saturated carbocycles. The average Bonchev–Trinajstić information content (AvgIpc) is 3.38. The van der Waals surface area contributed by atoms with Crippen molar-refractivity contribution in [1.82, 2.24) is 15.2 Å². The molecule has 1 saturated heterocycles. The first kappa shape index (κ1) is 20.1. The van der Waals surface area contributed by atoms with Crippen LogP contribution in [0.3, 0.4) is 0 Å². The maximum absolute atomic E-state index is 12.7. The molecular weight excluding hydrogens is 401 g/mol. The first-order valence-corrected chi connectivity index (χ1v) is 9.34. The van der Waals surface area contributed by atoms with Crippen LogP contribution in [0.2, 0.25) is 0 Å². The van der Waals surface area contributed by atoms with Crippen molar-refractivity contribution in [2.75, 3.05) is 6.54 Å². The number of carbonyl (C=O) groups excluding carboxylic acids is 2. The Bertz CT molecular complexity index is 1050. The van der Waals surface area contributed by atoms with E-state index < -0.39 is 24.9 Å². The monoisotopic (exact) mass is 418 g/mol. The number of hydrogen-bond donors (Lipinski definition) is 1. The minimum atomic E-state index is -4.76. The zero-order valence-electron chi connectivity index (χ0n) is 15.6. The molecule has 0 radical (unpaired) electrons. The lowest BCUT2D eigenvalue weighted by molar-refractivity contribution is -0.330. The van der Waals surface area contributed by atoms with Gasteiger partial charge in [-0.25, -0.2) is 0 Å². The van der Waals surface area contributed by atoms with Crippen LogP contribution in [-0.4, -0.2) is 46.7 Å². The van der Waals surface area contributed by atoms with E-state index >= 15 is 0 Å². The van der Waals surface area contributed by atoms with Gasteiger partial charge in [-0.15, -0.1) is 13.2 Å². The standard InChI is InChI=1S/C20H17F3N4O3/c21-20(22,23)30-10-11-1-2-16-15(5-11)14(3-4-25-16)19(29)26-9-18(28)27-13(8-24)6-12-7-17(12)27/h1-5,12-13,17H,6-7,9-10H2,(H,26,29)/t12-,13+,17+/m1/s1. The number of halogens is 3. The quantitative estimate of drug-likeness (QED) is 0.805. The van der Waals surface area contributed by atoms with E-state index in [2.05, 4.69) is 21.1 Å². The van der Waals surface area contributed by atoms with E-state index in [1.165, 1.54) is 30.5 Å². The van der Waals surface area contributed by atoms with E-state index in [-0.39, 0.29) is 29.6 Å². The van der Waals surface area contributed by atoms with Crippen molar-refractivity contribution >= 4 is 22.7 Å². The van der Waals surface area contributed by atoms with Crippen LogP contribution in [0, 0.1) is 17.2 Å². The second-order valence-corrected chi connectivity index (χ2v) is 7.37. The first-order valence-electron chi connectivity index (χ1n) is 9.34. The number of likely N-dealkylation sites (tertiary alicyclic amines) is 1. The maximum atomic E-state index is 12.7. The van der Waals surface area contributed by atoms with Crippen LogP contribution in [0.15, 0.2) is 30.5 Å². The third-order valence-electron chi connectivity index (χ3n) is 5.39. The fourth-order valence-corrected chi connectivity index (χ4v) is 3.92. The predicted octanol–water partition coefficient (Wildman–Crippen LogP) is 2.51. The van der Waals surface area contributed by atoms with Crippen LogP contribution in [0.4, 0.5) is 13.2 Å². The molecular formula is C20H17F3N4O3. The summed E-state index contributed by atoms with van der Waals surface area (Å²) in [5.41, 5.74) is 0.838. The Labute approximate surface area is 169 Å². The summed E-state index contributed by atoms with van der Waals surface area (Å²) in [4.78, 5) is 30.8. The number of alkyl halides is 3. The lowest BCUT2D eigenvalue weighted by Gasteiger charge is -2.22. The second kappa shape index (κ2) is 7.57. The van der Waals surface area contributed by atoms with Crippen LogP contribution < -0.4 is 5.32 Å². The third kappa shape index (κ3) is 4.07. The highest BCUT2D eigenvalue weighted by atomic mass is 19.4. The van der Waals surface area contributed by atoms with E-state index in [0.717, 1.165) is 6.42 Å². The third-order valence-corrected chi connectivity index (χ3v) is 5.39. The Morgan fingerprint density at radius 2 is 2.10 bits per heavy atom. The van der Waals surface area contributed by atoms with Gasteiger partial charge in [-0.05, 0) is 42.5 Å². The number of ether oxygens (including phenoxy) is 1. The number of piperidine rings is 1. The van der Waals surface area contributed by atoms with Crippen LogP contribution in [0.5, 0.6) is 0 Å². The van der Waals surface area contributed by atoms with Crippen LogP contribution in [0.1, 0.15) is 28.8 Å². The van der Waals surface area contributed by atoms with Crippen molar-refractivity contribution in [2.45, 2.75) is 37.9 Å². The van der Waals surface area contributed by atoms with Gasteiger partial charge in [-0.2, -0.15) is 5.26 Å². The Hall–Kier alpha value is -3.19. The lowest BCUT2D eigenvalue weighted by atomic mass is 10.1. The molecule has 156 valence electrons. The van der Waals surface area contributed by atoms with E-state index in [4.69, 9.17) is 0 Å². The summed E-state index contributed by atoms with van der Waals surface area (Å²) < 4.78 is 40.7. The Morgan fingerprint density at radius 3 is 2.83 bits per heavy atom. The molecule has 2 aromatic rings. The van der Waals surface area contributed by atoms with Crippen LogP contribution >= 0.6 is 0 Å². The van der Waals surface area contributed by atoms with Crippen molar-refractivity contribution in [3.63, 3.8) is 0 Å². The molecule has 0 unspecified atom stereocenters. The number of nitriles is 1. The lowest BCUT2D eigenvalue weighted by Crippen LogP contribution is -2.44. The molecule has 1 aromatic carbocycles. The minimum Gasteiger partial charge on any atom is -0.343 e. The van der Waals surface area contributed by atoms with Crippen molar-refractivity contribution in [3.05, 3.63) is 41.6 Å². The first-order chi connectivity index (χ1) is 14.3. The smallest absolute Gasteiger partial charge is 0.343 e. The molecule has 30 heavy (non-hydrogen) atoms. The van der Waals surface area contributed by atoms with Gasteiger partial charge < -0.3 is 10.2 Å². The van der Waals surface area contributed by atoms with E-state index in [1.807, 2.05) is 0 Å². The fraction of sp³-hybridized carbons (Fsp3) is 0.400. The van der Waals surface area contributed by atoms with Gasteiger partial charge in [0.2, 0.25) is 5.91 Å². The summed E-state index contributed by atoms with van der Waals surface area (Å²) in [5, 5.41) is 12.1. The fourth-order valence-electron chi connectivity index (χ4n) is 3.92. The molecule has 2 aliphatic rings. The van der Waals surface area contributed by atoms with Crippen molar-refractivity contribution in [2.24, 2.45) is 5.92 Å². The van der Waals surface area contributed by atoms with Gasteiger partial charge >= 0.3 is 6.36 Å². The normalized spacial score (nSPS) is 22.5. The van der Waals surface area contributed by atoms with Crippen molar-refractivity contribution in [3.8, 4) is 6.07 Å². The molecule has 7 nitrogen and oxygen atoms in total. The number of hydrogen-bond acceptors (Lipinski definition) is 5. The zero-order valence-corrected chi connectivity index (χ0v) is 15.6. The molecule has 3 atom stereocenters. The number of carbonyl (C=O) groups is 2. The summed E-state index contributed by atoms with van der Waals surface area (Å²) >= 11 is 0. The van der Waals surface area contributed by atoms with Crippen LogP contribution in [-0.2, 0) is 16.1 Å². The molecule has 4 rings (SSSR count). The molecule has 2 amide bonds. The van der Waals surface area contributed by atoms with Gasteiger partial charge in [-0.1, -0.05) is 6.07 Å². The molecule has 1 N–H and O–H groups in total. The SMILES string of the molecule is N#C[C@@H]1C[C@@H]2C[C@@H]2N1C(=O)CNC(=O)c1ccnc2ccc(COC(F)(F)F)cc12. The Morgan fingerprint density at radius 1 is 1.30 bits per heavy atom. The number of aromatic nitrogens is 1. The summed E-state index contributed by atoms with van der Waals surface area (Å²) in [5.74, 6) is -0.502. The molecule has 2 fully saturated rings. The molecule has 1 aliphatic carbocycles. The molecule has 1 aliphatic heterocycles. The summed E-state index contributed by atoms with van der Waals surface area (Å²) in [6.07, 6.45) is -1.80. The largest absolute Gasteiger partial charge is 0.522 e. The van der Waals surface area contributed by atoms with E-state index in [0.29, 0.717) is 23.2 Å². The molecule has 10 heteroatoms. The summed E-state index contributed by atoms with van der Waals surface area (Å²) in [6.45, 7) is -0.956. The van der Waals surface area contributed by atoms with Gasteiger partial charge in [0, 0.05) is 17.6 Å². The van der Waals surface area contributed by atoms with Gasteiger partial charge in [-0.3, -0.25) is 19.3 Å². The number of nitrogens with zero attached hydrogens (tertiary/aromatic N) is 3. The number of pyridine rings is 1. The van der Waals surface area contributed by atoms with E-state index in [9.17, 15) is 28.0 Å². The molecule has 0 bridgehead atoms. The maximum Gasteiger partial charge on any atom is 0.522 e. The van der Waals surface area contributed by atoms with Crippen molar-refractivity contribution < 1.29 is 27.5 Å². The molecule has 0 spiro atoms. The van der Waals surface area contributed by atoms with Gasteiger partial charge in [0.15, 0.2) is 0 Å². The second-order valence-electron chi connectivity index (χ2n) is 7.37. The Kier molecular flexibility index (Phi) is 5.07. The number of benzene rings is 1. The number of nitrogens with one attached hydrogen (secondary N) is 1. The molecule has 1 aromatic heterocycles. The summed E-state index contributed by atoms with van der Waals surface area (Å²) in [7, 11) is 0. The van der Waals surface area contributed by atoms with Gasteiger partial charge in [0.1, 0.15) is 6.04 Å². The highest BCUT2D eigenvalue weighted by molar-refractivity contribution is 6.07. The van der Waals surface area contributed by atoms with Crippen molar-refractivity contribution in [1.29, 1.82) is 5.26 Å². The topological polar surface area (TPSA) is 95.3 Å². The molecule has 2 heterocycles.